The van der Waals surface area contributed by atoms with Gasteiger partial charge in [0.15, 0.2) is 0 Å². The number of rotatable bonds is 2. The van der Waals surface area contributed by atoms with E-state index in [4.69, 9.17) is 4.52 Å². The van der Waals surface area contributed by atoms with Crippen molar-refractivity contribution in [3.63, 3.8) is 0 Å². The molecule has 2 saturated heterocycles. The summed E-state index contributed by atoms with van der Waals surface area (Å²) in [6, 6.07) is 22.6. The van der Waals surface area contributed by atoms with Gasteiger partial charge in [0.1, 0.15) is 0 Å². The molecule has 7 rings (SSSR count). The van der Waals surface area contributed by atoms with Gasteiger partial charge in [-0.25, -0.2) is 0 Å². The minimum atomic E-state index is -0.657. The summed E-state index contributed by atoms with van der Waals surface area (Å²) in [6.07, 6.45) is 10.4. The summed E-state index contributed by atoms with van der Waals surface area (Å²) in [5, 5.41) is 0.167. The van der Waals surface area contributed by atoms with E-state index in [1.165, 1.54) is 36.8 Å². The minimum Gasteiger partial charge on any atom is -0.349 e. The second-order valence-corrected chi connectivity index (χ2v) is 13.6. The standard InChI is InChI=1S/C28H31OP/c1-24(2)22-14-15-25(24,3)28(18-22)23-19-26(20-10-6-4-7-11-20)16-17-27(23,30(26)29-28)21-12-8-5-9-13-21/h4-13,16-17,22-23H,14-15,18-19H2,1-3H3/t22-,23-,25-,26+,27-,28+,30-/m1/s1. The molecule has 2 saturated carbocycles. The molecule has 1 spiro atoms. The average Bonchev–Trinajstić information content (AvgIpc) is 3.46. The Morgan fingerprint density at radius 2 is 1.50 bits per heavy atom. The SMILES string of the molecule is CC1(C)[C@@H]2CC[C@@]1(C)[C@@]1(C2)O[P@]2[C@@]3(c4ccccc4)C=C[C@@]2(c2ccccc2)[C@H]1C3. The first-order chi connectivity index (χ1) is 14.4. The van der Waals surface area contributed by atoms with Crippen LogP contribution in [-0.4, -0.2) is 5.60 Å². The summed E-state index contributed by atoms with van der Waals surface area (Å²) < 4.78 is 7.59. The number of hydrogen-bond donors (Lipinski definition) is 0. The lowest BCUT2D eigenvalue weighted by molar-refractivity contribution is -0.102. The van der Waals surface area contributed by atoms with E-state index in [9.17, 15) is 0 Å². The first kappa shape index (κ1) is 18.2. The van der Waals surface area contributed by atoms with Crippen molar-refractivity contribution in [2.45, 2.75) is 62.4 Å². The summed E-state index contributed by atoms with van der Waals surface area (Å²) in [7, 11) is -0.657. The van der Waals surface area contributed by atoms with Crippen LogP contribution in [0.5, 0.6) is 0 Å². The number of benzene rings is 2. The van der Waals surface area contributed by atoms with Crippen LogP contribution in [0.1, 0.15) is 57.6 Å². The Labute approximate surface area is 181 Å². The maximum atomic E-state index is 7.59. The number of fused-ring (bicyclic) bond motifs is 4. The van der Waals surface area contributed by atoms with Gasteiger partial charge in [-0.05, 0) is 48.1 Å². The van der Waals surface area contributed by atoms with Crippen molar-refractivity contribution in [1.29, 1.82) is 0 Å². The van der Waals surface area contributed by atoms with Gasteiger partial charge in [-0.3, -0.25) is 0 Å². The van der Waals surface area contributed by atoms with E-state index in [-0.39, 0.29) is 21.3 Å². The Balaban J connectivity index is 1.45. The summed E-state index contributed by atoms with van der Waals surface area (Å²) in [4.78, 5) is 0. The van der Waals surface area contributed by atoms with Crippen molar-refractivity contribution >= 4 is 8.15 Å². The van der Waals surface area contributed by atoms with Gasteiger partial charge in [-0.15, -0.1) is 0 Å². The van der Waals surface area contributed by atoms with Crippen molar-refractivity contribution in [1.82, 2.24) is 0 Å². The molecule has 5 aliphatic rings. The smallest absolute Gasteiger partial charge is 0.0831 e. The van der Waals surface area contributed by atoms with Gasteiger partial charge in [0.05, 0.1) is 24.1 Å². The van der Waals surface area contributed by atoms with Gasteiger partial charge < -0.3 is 4.52 Å². The van der Waals surface area contributed by atoms with Gasteiger partial charge >= 0.3 is 0 Å². The Bertz CT molecular complexity index is 1060. The molecule has 0 unspecified atom stereocenters. The maximum Gasteiger partial charge on any atom is 0.0831 e. The van der Waals surface area contributed by atoms with Crippen molar-refractivity contribution in [3.8, 4) is 0 Å². The van der Waals surface area contributed by atoms with Crippen molar-refractivity contribution in [3.05, 3.63) is 83.9 Å². The van der Waals surface area contributed by atoms with Crippen LogP contribution in [0.2, 0.25) is 0 Å². The molecular formula is C28H31OP. The van der Waals surface area contributed by atoms with Crippen LogP contribution in [0, 0.1) is 22.7 Å². The third-order valence-electron chi connectivity index (χ3n) is 10.6. The topological polar surface area (TPSA) is 9.23 Å². The van der Waals surface area contributed by atoms with Gasteiger partial charge in [-0.1, -0.05) is 93.6 Å². The summed E-state index contributed by atoms with van der Waals surface area (Å²) >= 11 is 0. The molecule has 0 N–H and O–H groups in total. The third-order valence-corrected chi connectivity index (χ3v) is 13.8. The van der Waals surface area contributed by atoms with E-state index in [0.717, 1.165) is 5.92 Å². The largest absolute Gasteiger partial charge is 0.349 e. The molecule has 7 atom stereocenters. The molecule has 1 nitrogen and oxygen atoms in total. The lowest BCUT2D eigenvalue weighted by atomic mass is 9.55. The Morgan fingerprint density at radius 1 is 0.833 bits per heavy atom. The zero-order chi connectivity index (χ0) is 20.4. The predicted molar refractivity (Wildman–Crippen MR) is 123 cm³/mol. The normalized spacial score (nSPS) is 48.8. The van der Waals surface area contributed by atoms with Crippen LogP contribution in [0.3, 0.4) is 0 Å². The molecule has 0 radical (unpaired) electrons. The number of hydrogen-bond acceptors (Lipinski definition) is 1. The molecule has 2 aromatic rings. The average molecular weight is 415 g/mol. The fourth-order valence-electron chi connectivity index (χ4n) is 8.65. The van der Waals surface area contributed by atoms with Gasteiger partial charge in [0.25, 0.3) is 0 Å². The van der Waals surface area contributed by atoms with Crippen LogP contribution in [0.25, 0.3) is 0 Å². The van der Waals surface area contributed by atoms with Crippen LogP contribution in [-0.2, 0) is 14.8 Å². The minimum absolute atomic E-state index is 0.0456. The van der Waals surface area contributed by atoms with E-state index in [1.54, 1.807) is 0 Å². The van der Waals surface area contributed by atoms with E-state index < -0.39 is 8.15 Å². The third kappa shape index (κ3) is 1.65. The molecule has 154 valence electrons. The fourth-order valence-corrected chi connectivity index (χ4v) is 12.5. The molecule has 0 aromatic heterocycles. The van der Waals surface area contributed by atoms with Crippen LogP contribution >= 0.6 is 8.15 Å². The first-order valence-corrected chi connectivity index (χ1v) is 13.0. The molecule has 30 heavy (non-hydrogen) atoms. The van der Waals surface area contributed by atoms with Crippen molar-refractivity contribution < 1.29 is 4.52 Å². The summed E-state index contributed by atoms with van der Waals surface area (Å²) in [5.41, 5.74) is 3.66. The zero-order valence-electron chi connectivity index (χ0n) is 18.3. The Hall–Kier alpha value is -1.43. The van der Waals surface area contributed by atoms with Crippen LogP contribution in [0.4, 0.5) is 0 Å². The lowest BCUT2D eigenvalue weighted by Gasteiger charge is -2.54. The van der Waals surface area contributed by atoms with E-state index in [1.807, 2.05) is 0 Å². The van der Waals surface area contributed by atoms with Gasteiger partial charge in [0.2, 0.25) is 0 Å². The maximum absolute atomic E-state index is 7.59. The second kappa shape index (κ2) is 5.31. The summed E-state index contributed by atoms with van der Waals surface area (Å²) in [6.45, 7) is 7.67. The highest BCUT2D eigenvalue weighted by Crippen LogP contribution is 2.94. The Kier molecular flexibility index (Phi) is 3.21. The highest BCUT2D eigenvalue weighted by molar-refractivity contribution is 7.57. The monoisotopic (exact) mass is 414 g/mol. The van der Waals surface area contributed by atoms with Crippen molar-refractivity contribution in [2.75, 3.05) is 0 Å². The second-order valence-electron chi connectivity index (χ2n) is 11.3. The quantitative estimate of drug-likeness (QED) is 0.368. The van der Waals surface area contributed by atoms with Crippen LogP contribution in [0.15, 0.2) is 72.8 Å². The van der Waals surface area contributed by atoms with E-state index in [0.29, 0.717) is 11.3 Å². The molecule has 4 fully saturated rings. The van der Waals surface area contributed by atoms with Crippen molar-refractivity contribution in [2.24, 2.45) is 22.7 Å². The molecule has 2 aliphatic carbocycles. The molecular weight excluding hydrogens is 383 g/mol. The highest BCUT2D eigenvalue weighted by Gasteiger charge is 2.84. The van der Waals surface area contributed by atoms with Crippen LogP contribution < -0.4 is 0 Å². The lowest BCUT2D eigenvalue weighted by Crippen LogP contribution is -2.55. The van der Waals surface area contributed by atoms with E-state index >= 15 is 0 Å². The zero-order valence-corrected chi connectivity index (χ0v) is 19.2. The molecule has 0 amide bonds. The fraction of sp³-hybridized carbons (Fsp3) is 0.500. The Morgan fingerprint density at radius 3 is 2.10 bits per heavy atom. The highest BCUT2D eigenvalue weighted by atomic mass is 31.1. The van der Waals surface area contributed by atoms with Gasteiger partial charge in [-0.2, -0.15) is 0 Å². The molecule has 3 aliphatic heterocycles. The molecule has 2 heteroatoms. The first-order valence-electron chi connectivity index (χ1n) is 11.7. The summed E-state index contributed by atoms with van der Waals surface area (Å²) in [5.74, 6) is 1.39. The molecule has 2 aromatic carbocycles. The predicted octanol–water partition coefficient (Wildman–Crippen LogP) is 7.38. The van der Waals surface area contributed by atoms with Gasteiger partial charge in [0, 0.05) is 11.3 Å². The molecule has 6 bridgehead atoms. The number of allylic oxidation sites excluding steroid dienone is 2. The molecule has 3 heterocycles. The van der Waals surface area contributed by atoms with E-state index in [2.05, 4.69) is 93.6 Å².